The lowest BCUT2D eigenvalue weighted by atomic mass is 10.2. The minimum Gasteiger partial charge on any atom is -0.324 e. The predicted molar refractivity (Wildman–Crippen MR) is 90.4 cm³/mol. The zero-order valence-electron chi connectivity index (χ0n) is 13.4. The average Bonchev–Trinajstić information content (AvgIpc) is 3.21. The van der Waals surface area contributed by atoms with Gasteiger partial charge in [-0.05, 0) is 23.4 Å². The van der Waals surface area contributed by atoms with Gasteiger partial charge in [0.05, 0.1) is 0 Å². The summed E-state index contributed by atoms with van der Waals surface area (Å²) in [7, 11) is 1.75. The van der Waals surface area contributed by atoms with E-state index in [1.807, 2.05) is 30.3 Å². The SMILES string of the molecule is Cn1nc2ccc(NC(=O)Cn3nnc(-c4ccccc4)n3)cc2n1. The summed E-state index contributed by atoms with van der Waals surface area (Å²) in [6.07, 6.45) is 0. The Labute approximate surface area is 142 Å². The van der Waals surface area contributed by atoms with Gasteiger partial charge in [0, 0.05) is 18.3 Å². The zero-order valence-corrected chi connectivity index (χ0v) is 13.4. The molecule has 0 fully saturated rings. The van der Waals surface area contributed by atoms with E-state index in [2.05, 4.69) is 30.9 Å². The Morgan fingerprint density at radius 3 is 2.68 bits per heavy atom. The van der Waals surface area contributed by atoms with Gasteiger partial charge in [0.1, 0.15) is 17.6 Å². The van der Waals surface area contributed by atoms with Crippen LogP contribution in [0.3, 0.4) is 0 Å². The standard InChI is InChI=1S/C16H14N8O/c1-23-19-13-8-7-12(9-14(13)20-23)17-15(25)10-24-21-16(18-22-24)11-5-3-2-4-6-11/h2-9H,10H2,1H3,(H,17,25). The monoisotopic (exact) mass is 334 g/mol. The van der Waals surface area contributed by atoms with Crippen LogP contribution in [0.1, 0.15) is 0 Å². The van der Waals surface area contributed by atoms with E-state index in [1.54, 1.807) is 25.2 Å². The fourth-order valence-corrected chi connectivity index (χ4v) is 2.44. The predicted octanol–water partition coefficient (Wildman–Crippen LogP) is 1.26. The van der Waals surface area contributed by atoms with Crippen molar-refractivity contribution >= 4 is 22.6 Å². The molecule has 0 spiro atoms. The maximum absolute atomic E-state index is 12.2. The fourth-order valence-electron chi connectivity index (χ4n) is 2.44. The van der Waals surface area contributed by atoms with E-state index in [0.29, 0.717) is 17.0 Å². The van der Waals surface area contributed by atoms with Crippen LogP contribution in [0, 0.1) is 0 Å². The van der Waals surface area contributed by atoms with E-state index in [-0.39, 0.29) is 12.5 Å². The van der Waals surface area contributed by atoms with Crippen LogP contribution in [0.15, 0.2) is 48.5 Å². The number of benzene rings is 2. The minimum atomic E-state index is -0.250. The normalized spacial score (nSPS) is 10.9. The van der Waals surface area contributed by atoms with Crippen LogP contribution in [-0.4, -0.2) is 41.1 Å². The molecular formula is C16H14N8O. The first-order valence-corrected chi connectivity index (χ1v) is 7.61. The summed E-state index contributed by atoms with van der Waals surface area (Å²) in [6, 6.07) is 14.8. The first-order chi connectivity index (χ1) is 12.2. The molecule has 0 aliphatic carbocycles. The zero-order chi connectivity index (χ0) is 17.2. The molecule has 4 rings (SSSR count). The number of nitrogens with one attached hydrogen (secondary N) is 1. The first-order valence-electron chi connectivity index (χ1n) is 7.61. The first kappa shape index (κ1) is 14.9. The molecule has 0 saturated heterocycles. The van der Waals surface area contributed by atoms with Crippen molar-refractivity contribution < 1.29 is 4.79 Å². The van der Waals surface area contributed by atoms with Gasteiger partial charge in [-0.1, -0.05) is 30.3 Å². The molecule has 9 nitrogen and oxygen atoms in total. The highest BCUT2D eigenvalue weighted by Gasteiger charge is 2.10. The number of hydrogen-bond donors (Lipinski definition) is 1. The van der Waals surface area contributed by atoms with Crippen LogP contribution in [0.4, 0.5) is 5.69 Å². The Kier molecular flexibility index (Phi) is 3.65. The average molecular weight is 334 g/mol. The fraction of sp³-hybridized carbons (Fsp3) is 0.125. The number of nitrogens with zero attached hydrogens (tertiary/aromatic N) is 7. The van der Waals surface area contributed by atoms with Crippen molar-refractivity contribution in [2.45, 2.75) is 6.54 Å². The summed E-state index contributed by atoms with van der Waals surface area (Å²) in [4.78, 5) is 14.9. The van der Waals surface area contributed by atoms with E-state index in [4.69, 9.17) is 0 Å². The lowest BCUT2D eigenvalue weighted by Crippen LogP contribution is -2.20. The van der Waals surface area contributed by atoms with Crippen LogP contribution in [0.25, 0.3) is 22.4 Å². The van der Waals surface area contributed by atoms with Crippen molar-refractivity contribution in [2.24, 2.45) is 7.05 Å². The van der Waals surface area contributed by atoms with E-state index in [9.17, 15) is 4.79 Å². The minimum absolute atomic E-state index is 0.0294. The lowest BCUT2D eigenvalue weighted by Gasteiger charge is -2.03. The van der Waals surface area contributed by atoms with Gasteiger partial charge in [-0.2, -0.15) is 19.8 Å². The van der Waals surface area contributed by atoms with Crippen LogP contribution in [0.5, 0.6) is 0 Å². The Hall–Kier alpha value is -3.62. The number of aromatic nitrogens is 7. The Morgan fingerprint density at radius 1 is 1.04 bits per heavy atom. The molecule has 0 radical (unpaired) electrons. The molecular weight excluding hydrogens is 320 g/mol. The van der Waals surface area contributed by atoms with Gasteiger partial charge in [-0.25, -0.2) is 0 Å². The Bertz CT molecular complexity index is 1040. The summed E-state index contributed by atoms with van der Waals surface area (Å²) in [5.74, 6) is 0.231. The van der Waals surface area contributed by atoms with Crippen molar-refractivity contribution in [1.82, 2.24) is 35.2 Å². The van der Waals surface area contributed by atoms with E-state index in [0.717, 1.165) is 11.1 Å². The molecule has 0 bridgehead atoms. The summed E-state index contributed by atoms with van der Waals surface area (Å²) >= 11 is 0. The molecule has 0 atom stereocenters. The number of carbonyl (C=O) groups excluding carboxylic acids is 1. The van der Waals surface area contributed by atoms with Crippen LogP contribution in [-0.2, 0) is 18.4 Å². The molecule has 2 aromatic carbocycles. The van der Waals surface area contributed by atoms with Crippen LogP contribution in [0.2, 0.25) is 0 Å². The molecule has 0 unspecified atom stereocenters. The quantitative estimate of drug-likeness (QED) is 0.602. The molecule has 0 aliphatic heterocycles. The number of tetrazole rings is 1. The molecule has 0 aliphatic rings. The maximum Gasteiger partial charge on any atom is 0.248 e. The van der Waals surface area contributed by atoms with E-state index < -0.39 is 0 Å². The third-order valence-electron chi connectivity index (χ3n) is 3.53. The van der Waals surface area contributed by atoms with Crippen LogP contribution >= 0.6 is 0 Å². The van der Waals surface area contributed by atoms with Crippen LogP contribution < -0.4 is 5.32 Å². The molecule has 124 valence electrons. The molecule has 4 aromatic rings. The van der Waals surface area contributed by atoms with Gasteiger partial charge in [-0.3, -0.25) is 4.79 Å². The Morgan fingerprint density at radius 2 is 1.84 bits per heavy atom. The molecule has 2 aromatic heterocycles. The highest BCUT2D eigenvalue weighted by molar-refractivity contribution is 5.92. The van der Waals surface area contributed by atoms with E-state index >= 15 is 0 Å². The lowest BCUT2D eigenvalue weighted by molar-refractivity contribution is -0.117. The third kappa shape index (κ3) is 3.20. The maximum atomic E-state index is 12.2. The number of amides is 1. The van der Waals surface area contributed by atoms with Crippen molar-refractivity contribution in [1.29, 1.82) is 0 Å². The smallest absolute Gasteiger partial charge is 0.248 e. The molecule has 0 saturated carbocycles. The second-order valence-electron chi connectivity index (χ2n) is 5.45. The summed E-state index contributed by atoms with van der Waals surface area (Å²) < 4.78 is 0. The largest absolute Gasteiger partial charge is 0.324 e. The number of anilines is 1. The number of fused-ring (bicyclic) bond motifs is 1. The molecule has 1 N–H and O–H groups in total. The van der Waals surface area contributed by atoms with Crippen molar-refractivity contribution in [3.05, 3.63) is 48.5 Å². The number of hydrogen-bond acceptors (Lipinski definition) is 6. The molecule has 2 heterocycles. The number of carbonyl (C=O) groups is 1. The van der Waals surface area contributed by atoms with Crippen molar-refractivity contribution in [3.8, 4) is 11.4 Å². The van der Waals surface area contributed by atoms with Crippen molar-refractivity contribution in [3.63, 3.8) is 0 Å². The second-order valence-corrected chi connectivity index (χ2v) is 5.45. The number of aryl methyl sites for hydroxylation is 1. The van der Waals surface area contributed by atoms with Gasteiger partial charge in [-0.15, -0.1) is 10.2 Å². The Balaban J connectivity index is 1.45. The summed E-state index contributed by atoms with van der Waals surface area (Å²) in [6.45, 7) is -0.0294. The van der Waals surface area contributed by atoms with Gasteiger partial charge in [0.25, 0.3) is 0 Å². The van der Waals surface area contributed by atoms with Crippen molar-refractivity contribution in [2.75, 3.05) is 5.32 Å². The summed E-state index contributed by atoms with van der Waals surface area (Å²) in [5.41, 5.74) is 2.97. The summed E-state index contributed by atoms with van der Waals surface area (Å²) in [5, 5.41) is 23.3. The van der Waals surface area contributed by atoms with Gasteiger partial charge >= 0.3 is 0 Å². The molecule has 1 amide bonds. The topological polar surface area (TPSA) is 103 Å². The number of rotatable bonds is 4. The van der Waals surface area contributed by atoms with Gasteiger partial charge in [0.2, 0.25) is 11.7 Å². The van der Waals surface area contributed by atoms with E-state index in [1.165, 1.54) is 9.59 Å². The highest BCUT2D eigenvalue weighted by atomic mass is 16.2. The molecule has 9 heteroatoms. The van der Waals surface area contributed by atoms with Gasteiger partial charge in [0.15, 0.2) is 0 Å². The highest BCUT2D eigenvalue weighted by Crippen LogP contribution is 2.15. The second kappa shape index (κ2) is 6.11. The molecule has 25 heavy (non-hydrogen) atoms. The third-order valence-corrected chi connectivity index (χ3v) is 3.53. The van der Waals surface area contributed by atoms with Gasteiger partial charge < -0.3 is 5.32 Å².